The summed E-state index contributed by atoms with van der Waals surface area (Å²) in [7, 11) is 4.00. The van der Waals surface area contributed by atoms with Crippen molar-refractivity contribution in [1.82, 2.24) is 4.90 Å². The highest BCUT2D eigenvalue weighted by Crippen LogP contribution is 2.48. The number of hydrogen-bond donors (Lipinski definition) is 0. The topological polar surface area (TPSA) is 6.48 Å². The maximum absolute atomic E-state index is 13.4. The number of rotatable bonds is 5. The predicted octanol–water partition coefficient (Wildman–Crippen LogP) is 5.95. The number of para-hydroxylation sites is 1. The van der Waals surface area contributed by atoms with E-state index in [0.29, 0.717) is 11.5 Å². The minimum Gasteiger partial charge on any atom is -0.340 e. The van der Waals surface area contributed by atoms with Crippen LogP contribution in [0.5, 0.6) is 0 Å². The van der Waals surface area contributed by atoms with Crippen LogP contribution in [-0.4, -0.2) is 32.1 Å². The Labute approximate surface area is 164 Å². The van der Waals surface area contributed by atoms with Gasteiger partial charge in [0.05, 0.1) is 5.56 Å². The van der Waals surface area contributed by atoms with Crippen molar-refractivity contribution in [3.05, 3.63) is 65.2 Å². The van der Waals surface area contributed by atoms with Crippen molar-refractivity contribution in [3.63, 3.8) is 0 Å². The number of anilines is 2. The lowest BCUT2D eigenvalue weighted by Crippen LogP contribution is -2.26. The molecule has 0 aromatic heterocycles. The zero-order valence-corrected chi connectivity index (χ0v) is 16.3. The molecule has 2 aliphatic rings. The summed E-state index contributed by atoms with van der Waals surface area (Å²) in [6, 6.07) is 12.3. The molecule has 0 unspecified atom stereocenters. The molecular formula is C23H25F3N2. The Morgan fingerprint density at radius 2 is 1.75 bits per heavy atom. The van der Waals surface area contributed by atoms with Crippen molar-refractivity contribution in [3.8, 4) is 0 Å². The molecule has 2 aromatic rings. The normalized spacial score (nSPS) is 17.8. The van der Waals surface area contributed by atoms with Crippen molar-refractivity contribution >= 4 is 16.9 Å². The van der Waals surface area contributed by atoms with Crippen LogP contribution >= 0.6 is 0 Å². The summed E-state index contributed by atoms with van der Waals surface area (Å²) in [6.45, 7) is 1.71. The summed E-state index contributed by atoms with van der Waals surface area (Å²) in [4.78, 5) is 4.30. The maximum atomic E-state index is 13.4. The van der Waals surface area contributed by atoms with Gasteiger partial charge in [-0.25, -0.2) is 0 Å². The summed E-state index contributed by atoms with van der Waals surface area (Å²) in [6.07, 6.45) is 0.920. The van der Waals surface area contributed by atoms with Gasteiger partial charge in [-0.1, -0.05) is 24.3 Å². The zero-order valence-electron chi connectivity index (χ0n) is 16.3. The van der Waals surface area contributed by atoms with Crippen molar-refractivity contribution in [2.75, 3.05) is 32.1 Å². The van der Waals surface area contributed by atoms with Gasteiger partial charge in [-0.05, 0) is 69.1 Å². The third-order valence-corrected chi connectivity index (χ3v) is 5.45. The highest BCUT2D eigenvalue weighted by atomic mass is 19.4. The van der Waals surface area contributed by atoms with Gasteiger partial charge in [-0.3, -0.25) is 0 Å². The van der Waals surface area contributed by atoms with E-state index in [-0.39, 0.29) is 0 Å². The number of nitrogens with zero attached hydrogens (tertiary/aromatic N) is 2. The molecule has 2 aromatic carbocycles. The van der Waals surface area contributed by atoms with Gasteiger partial charge in [-0.2, -0.15) is 13.2 Å². The molecule has 1 saturated carbocycles. The largest absolute Gasteiger partial charge is 0.416 e. The lowest BCUT2D eigenvalue weighted by Gasteiger charge is -2.35. The standard InChI is InChI=1S/C23H25F3N2/c1-27(2)13-5-7-18-19-6-3-4-8-21(19)28(15-16-9-10-16)22-12-11-17(14-20(18)22)23(24,25)26/h3-4,6-8,11-12,14,16H,5,9-10,13,15H2,1-2H3. The van der Waals surface area contributed by atoms with Crippen LogP contribution in [0.1, 0.15) is 36.0 Å². The van der Waals surface area contributed by atoms with Crippen molar-refractivity contribution < 1.29 is 13.2 Å². The van der Waals surface area contributed by atoms with Crippen LogP contribution in [-0.2, 0) is 6.18 Å². The molecule has 4 rings (SSSR count). The second-order valence-electron chi connectivity index (χ2n) is 8.01. The van der Waals surface area contributed by atoms with Crippen LogP contribution in [0.4, 0.5) is 24.5 Å². The molecule has 0 amide bonds. The second kappa shape index (κ2) is 7.28. The van der Waals surface area contributed by atoms with Gasteiger partial charge in [0, 0.05) is 35.6 Å². The van der Waals surface area contributed by atoms with E-state index in [0.717, 1.165) is 42.0 Å². The van der Waals surface area contributed by atoms with Crippen molar-refractivity contribution in [2.45, 2.75) is 25.4 Å². The fourth-order valence-corrected chi connectivity index (χ4v) is 3.82. The van der Waals surface area contributed by atoms with Gasteiger partial charge in [0.15, 0.2) is 0 Å². The molecule has 0 atom stereocenters. The Morgan fingerprint density at radius 1 is 1.04 bits per heavy atom. The number of halogens is 3. The number of benzene rings is 2. The molecule has 0 radical (unpaired) electrons. The predicted molar refractivity (Wildman–Crippen MR) is 108 cm³/mol. The van der Waals surface area contributed by atoms with E-state index in [1.54, 1.807) is 6.07 Å². The van der Waals surface area contributed by atoms with Crippen LogP contribution in [0.2, 0.25) is 0 Å². The quantitative estimate of drug-likeness (QED) is 0.626. The van der Waals surface area contributed by atoms with Gasteiger partial charge in [0.2, 0.25) is 0 Å². The fourth-order valence-electron chi connectivity index (χ4n) is 3.82. The zero-order chi connectivity index (χ0) is 19.9. The summed E-state index contributed by atoms with van der Waals surface area (Å²) in [5.41, 5.74) is 4.01. The molecule has 0 spiro atoms. The molecule has 2 nitrogen and oxygen atoms in total. The Balaban J connectivity index is 1.85. The molecule has 0 N–H and O–H groups in total. The second-order valence-corrected chi connectivity index (χ2v) is 8.01. The van der Waals surface area contributed by atoms with Crippen LogP contribution in [0, 0.1) is 5.92 Å². The van der Waals surface area contributed by atoms with E-state index in [2.05, 4.69) is 21.9 Å². The molecular weight excluding hydrogens is 361 g/mol. The molecule has 5 heteroatoms. The monoisotopic (exact) mass is 386 g/mol. The Hall–Kier alpha value is -2.27. The van der Waals surface area contributed by atoms with Gasteiger partial charge >= 0.3 is 6.18 Å². The highest BCUT2D eigenvalue weighted by molar-refractivity contribution is 5.98. The van der Waals surface area contributed by atoms with E-state index in [9.17, 15) is 13.2 Å². The lowest BCUT2D eigenvalue weighted by molar-refractivity contribution is -0.137. The fraction of sp³-hybridized carbons (Fsp3) is 0.391. The molecule has 1 aliphatic heterocycles. The first kappa shape index (κ1) is 19.1. The van der Waals surface area contributed by atoms with E-state index in [4.69, 9.17) is 0 Å². The SMILES string of the molecule is CN(C)CCC=C1c2ccccc2N(CC2CC2)c2ccc(C(F)(F)F)cc21. The summed E-state index contributed by atoms with van der Waals surface area (Å²) < 4.78 is 40.2. The Kier molecular flexibility index (Phi) is 4.96. The lowest BCUT2D eigenvalue weighted by atomic mass is 9.88. The van der Waals surface area contributed by atoms with Crippen LogP contribution in [0.15, 0.2) is 48.5 Å². The van der Waals surface area contributed by atoms with Gasteiger partial charge < -0.3 is 9.80 Å². The molecule has 148 valence electrons. The molecule has 1 aliphatic carbocycles. The molecule has 1 heterocycles. The minimum absolute atomic E-state index is 0.587. The van der Waals surface area contributed by atoms with Gasteiger partial charge in [0.25, 0.3) is 0 Å². The maximum Gasteiger partial charge on any atom is 0.416 e. The molecule has 28 heavy (non-hydrogen) atoms. The number of alkyl halides is 3. The first-order valence-corrected chi connectivity index (χ1v) is 9.78. The first-order chi connectivity index (χ1) is 13.3. The smallest absolute Gasteiger partial charge is 0.340 e. The summed E-state index contributed by atoms with van der Waals surface area (Å²) in [5, 5.41) is 0. The van der Waals surface area contributed by atoms with Crippen LogP contribution < -0.4 is 4.90 Å². The van der Waals surface area contributed by atoms with Gasteiger partial charge in [-0.15, -0.1) is 0 Å². The van der Waals surface area contributed by atoms with E-state index < -0.39 is 11.7 Å². The van der Waals surface area contributed by atoms with Crippen molar-refractivity contribution in [2.24, 2.45) is 5.92 Å². The van der Waals surface area contributed by atoms with Crippen LogP contribution in [0.25, 0.3) is 5.57 Å². The molecule has 0 saturated heterocycles. The van der Waals surface area contributed by atoms with Crippen molar-refractivity contribution in [1.29, 1.82) is 0 Å². The van der Waals surface area contributed by atoms with E-state index >= 15 is 0 Å². The minimum atomic E-state index is -4.35. The van der Waals surface area contributed by atoms with E-state index in [1.807, 2.05) is 32.3 Å². The Morgan fingerprint density at radius 3 is 2.43 bits per heavy atom. The Bertz CT molecular complexity index is 895. The average Bonchev–Trinajstić information content (AvgIpc) is 3.46. The van der Waals surface area contributed by atoms with Crippen LogP contribution in [0.3, 0.4) is 0 Å². The third kappa shape index (κ3) is 3.81. The number of fused-ring (bicyclic) bond motifs is 2. The highest BCUT2D eigenvalue weighted by Gasteiger charge is 2.35. The third-order valence-electron chi connectivity index (χ3n) is 5.45. The first-order valence-electron chi connectivity index (χ1n) is 9.78. The summed E-state index contributed by atoms with van der Waals surface area (Å²) >= 11 is 0. The van der Waals surface area contributed by atoms with Gasteiger partial charge in [0.1, 0.15) is 0 Å². The average molecular weight is 386 g/mol. The van der Waals surface area contributed by atoms with E-state index in [1.165, 1.54) is 25.0 Å². The number of hydrogen-bond acceptors (Lipinski definition) is 2. The summed E-state index contributed by atoms with van der Waals surface area (Å²) in [5.74, 6) is 0.627. The molecule has 1 fully saturated rings. The molecule has 0 bridgehead atoms.